The quantitative estimate of drug-likeness (QED) is 0.791. The highest BCUT2D eigenvalue weighted by molar-refractivity contribution is 7.99. The maximum atomic E-state index is 11.4. The van der Waals surface area contributed by atoms with Crippen LogP contribution in [0.5, 0.6) is 0 Å². The summed E-state index contributed by atoms with van der Waals surface area (Å²) in [5.74, 6) is 0.169. The third-order valence-corrected chi connectivity index (χ3v) is 4.19. The van der Waals surface area contributed by atoms with Gasteiger partial charge in [-0.05, 0) is 31.9 Å². The van der Waals surface area contributed by atoms with Crippen molar-refractivity contribution in [3.05, 3.63) is 0 Å². The van der Waals surface area contributed by atoms with Crippen LogP contribution < -0.4 is 5.32 Å². The average molecular weight is 230 g/mol. The molecule has 15 heavy (non-hydrogen) atoms. The van der Waals surface area contributed by atoms with Crippen LogP contribution in [0.15, 0.2) is 0 Å². The molecule has 1 aliphatic carbocycles. The number of rotatable bonds is 4. The molecule has 0 saturated heterocycles. The highest BCUT2D eigenvalue weighted by atomic mass is 32.2. The van der Waals surface area contributed by atoms with Crippen molar-refractivity contribution in [2.24, 2.45) is 0 Å². The monoisotopic (exact) mass is 230 g/mol. The van der Waals surface area contributed by atoms with Crippen LogP contribution in [0.4, 0.5) is 0 Å². The van der Waals surface area contributed by atoms with E-state index in [0.717, 1.165) is 5.25 Å². The predicted molar refractivity (Wildman–Crippen MR) is 66.3 cm³/mol. The summed E-state index contributed by atoms with van der Waals surface area (Å²) >= 11 is 1.97. The van der Waals surface area contributed by atoms with E-state index in [1.807, 2.05) is 11.8 Å². The molecule has 0 radical (unpaired) electrons. The maximum Gasteiger partial charge on any atom is 0.236 e. The van der Waals surface area contributed by atoms with Gasteiger partial charge in [-0.25, -0.2) is 0 Å². The van der Waals surface area contributed by atoms with Crippen LogP contribution in [-0.2, 0) is 4.79 Å². The van der Waals surface area contributed by atoms with Gasteiger partial charge in [-0.3, -0.25) is 4.79 Å². The van der Waals surface area contributed by atoms with Gasteiger partial charge in [0.25, 0.3) is 0 Å². The molecule has 0 bridgehead atoms. The Morgan fingerprint density at radius 3 is 2.40 bits per heavy atom. The number of nitrogens with zero attached hydrogens (tertiary/aromatic N) is 1. The number of hydrogen-bond donors (Lipinski definition) is 1. The Bertz CT molecular complexity index is 201. The van der Waals surface area contributed by atoms with E-state index in [0.29, 0.717) is 12.6 Å². The van der Waals surface area contributed by atoms with Crippen LogP contribution in [0.25, 0.3) is 0 Å². The van der Waals surface area contributed by atoms with Gasteiger partial charge in [-0.1, -0.05) is 0 Å². The zero-order valence-electron chi connectivity index (χ0n) is 9.95. The van der Waals surface area contributed by atoms with Crippen LogP contribution in [0.1, 0.15) is 25.7 Å². The molecule has 1 saturated carbocycles. The Morgan fingerprint density at radius 1 is 1.33 bits per heavy atom. The third-order valence-electron chi connectivity index (χ3n) is 3.05. The van der Waals surface area contributed by atoms with Gasteiger partial charge in [-0.2, -0.15) is 11.8 Å². The van der Waals surface area contributed by atoms with Crippen LogP contribution in [0, 0.1) is 0 Å². The summed E-state index contributed by atoms with van der Waals surface area (Å²) in [4.78, 5) is 13.0. The van der Waals surface area contributed by atoms with E-state index in [1.165, 1.54) is 25.7 Å². The lowest BCUT2D eigenvalue weighted by Gasteiger charge is -2.28. The molecule has 3 nitrogen and oxygen atoms in total. The zero-order chi connectivity index (χ0) is 11.3. The summed E-state index contributed by atoms with van der Waals surface area (Å²) in [5, 5.41) is 4.19. The molecule has 1 rings (SSSR count). The summed E-state index contributed by atoms with van der Waals surface area (Å²) < 4.78 is 0. The molecule has 1 N–H and O–H groups in total. The summed E-state index contributed by atoms with van der Waals surface area (Å²) in [6, 6.07) is 0.553. The van der Waals surface area contributed by atoms with Crippen LogP contribution in [0.2, 0.25) is 0 Å². The highest BCUT2D eigenvalue weighted by Crippen LogP contribution is 2.26. The first-order valence-corrected chi connectivity index (χ1v) is 6.88. The van der Waals surface area contributed by atoms with Gasteiger partial charge in [0.1, 0.15) is 0 Å². The van der Waals surface area contributed by atoms with E-state index in [-0.39, 0.29) is 5.91 Å². The first kappa shape index (κ1) is 12.8. The second-order valence-electron chi connectivity index (χ2n) is 4.38. The minimum absolute atomic E-state index is 0.169. The van der Waals surface area contributed by atoms with Crippen molar-refractivity contribution in [2.75, 3.05) is 26.9 Å². The van der Waals surface area contributed by atoms with E-state index in [9.17, 15) is 4.79 Å². The highest BCUT2D eigenvalue weighted by Gasteiger charge is 2.20. The molecule has 0 aromatic heterocycles. The lowest BCUT2D eigenvalue weighted by molar-refractivity contribution is -0.127. The molecule has 0 aromatic rings. The second-order valence-corrected chi connectivity index (χ2v) is 5.52. The van der Waals surface area contributed by atoms with Gasteiger partial charge >= 0.3 is 0 Å². The largest absolute Gasteiger partial charge is 0.348 e. The molecule has 0 atom stereocenters. The van der Waals surface area contributed by atoms with E-state index in [1.54, 1.807) is 19.0 Å². The van der Waals surface area contributed by atoms with Gasteiger partial charge in [-0.15, -0.1) is 0 Å². The molecule has 0 heterocycles. The molecule has 0 aromatic carbocycles. The second kappa shape index (κ2) is 6.38. The Balaban J connectivity index is 2.16. The van der Waals surface area contributed by atoms with E-state index >= 15 is 0 Å². The van der Waals surface area contributed by atoms with Gasteiger partial charge in [0.05, 0.1) is 6.54 Å². The fraction of sp³-hybridized carbons (Fsp3) is 0.909. The average Bonchev–Trinajstić information content (AvgIpc) is 2.26. The molecule has 0 aliphatic heterocycles. The third kappa shape index (κ3) is 4.43. The number of thioether (sulfide) groups is 1. The fourth-order valence-electron chi connectivity index (χ4n) is 1.89. The smallest absolute Gasteiger partial charge is 0.236 e. The first-order chi connectivity index (χ1) is 7.13. The van der Waals surface area contributed by atoms with E-state index < -0.39 is 0 Å². The molecule has 0 unspecified atom stereocenters. The summed E-state index contributed by atoms with van der Waals surface area (Å²) in [6.45, 7) is 0.488. The van der Waals surface area contributed by atoms with Crippen molar-refractivity contribution in [1.29, 1.82) is 0 Å². The maximum absolute atomic E-state index is 11.4. The van der Waals surface area contributed by atoms with Crippen molar-refractivity contribution in [3.63, 3.8) is 0 Å². The Hall–Kier alpha value is -0.220. The van der Waals surface area contributed by atoms with E-state index in [2.05, 4.69) is 11.6 Å². The topological polar surface area (TPSA) is 32.3 Å². The molecule has 0 spiro atoms. The predicted octanol–water partition coefficient (Wildman–Crippen LogP) is 1.34. The normalized spacial score (nSPS) is 26.3. The van der Waals surface area contributed by atoms with Crippen molar-refractivity contribution < 1.29 is 4.79 Å². The number of carbonyl (C=O) groups excluding carboxylic acids is 1. The molecule has 1 fully saturated rings. The van der Waals surface area contributed by atoms with Crippen molar-refractivity contribution >= 4 is 17.7 Å². The first-order valence-electron chi connectivity index (χ1n) is 5.59. The number of amides is 1. The minimum Gasteiger partial charge on any atom is -0.348 e. The van der Waals surface area contributed by atoms with E-state index in [4.69, 9.17) is 0 Å². The summed E-state index contributed by atoms with van der Waals surface area (Å²) in [5.41, 5.74) is 0. The van der Waals surface area contributed by atoms with Gasteiger partial charge in [0.15, 0.2) is 0 Å². The SMILES string of the molecule is CSC1CCC(NCC(=O)N(C)C)CC1. The number of hydrogen-bond acceptors (Lipinski definition) is 3. The molecule has 4 heteroatoms. The molecule has 1 aliphatic rings. The summed E-state index contributed by atoms with van der Waals surface area (Å²) in [7, 11) is 3.60. The van der Waals surface area contributed by atoms with Crippen LogP contribution >= 0.6 is 11.8 Å². The number of nitrogens with one attached hydrogen (secondary N) is 1. The Labute approximate surface area is 97.0 Å². The molecular formula is C11H22N2OS. The van der Waals surface area contributed by atoms with Gasteiger partial charge < -0.3 is 10.2 Å². The Morgan fingerprint density at radius 2 is 1.93 bits per heavy atom. The van der Waals surface area contributed by atoms with Gasteiger partial charge in [0.2, 0.25) is 5.91 Å². The van der Waals surface area contributed by atoms with Crippen molar-refractivity contribution in [2.45, 2.75) is 37.0 Å². The minimum atomic E-state index is 0.169. The lowest BCUT2D eigenvalue weighted by atomic mass is 9.95. The Kier molecular flexibility index (Phi) is 5.47. The number of likely N-dealkylation sites (N-methyl/N-ethyl adjacent to an activating group) is 1. The molecular weight excluding hydrogens is 208 g/mol. The number of carbonyl (C=O) groups is 1. The standard InChI is InChI=1S/C11H22N2OS/c1-13(2)11(14)8-12-9-4-6-10(15-3)7-5-9/h9-10,12H,4-8H2,1-3H3. The fourth-order valence-corrected chi connectivity index (χ4v) is 2.64. The van der Waals surface area contributed by atoms with Gasteiger partial charge in [0, 0.05) is 25.4 Å². The zero-order valence-corrected chi connectivity index (χ0v) is 10.8. The lowest BCUT2D eigenvalue weighted by Crippen LogP contribution is -2.40. The summed E-state index contributed by atoms with van der Waals surface area (Å²) in [6.07, 6.45) is 7.19. The molecule has 1 amide bonds. The van der Waals surface area contributed by atoms with Crippen LogP contribution in [-0.4, -0.2) is 49.0 Å². The van der Waals surface area contributed by atoms with Crippen molar-refractivity contribution in [3.8, 4) is 0 Å². The van der Waals surface area contributed by atoms with Crippen LogP contribution in [0.3, 0.4) is 0 Å². The van der Waals surface area contributed by atoms with Crippen molar-refractivity contribution in [1.82, 2.24) is 10.2 Å². The molecule has 88 valence electrons.